The lowest BCUT2D eigenvalue weighted by atomic mass is 10.2. The Balaban J connectivity index is 2.26. The third-order valence-corrected chi connectivity index (χ3v) is 4.09. The van der Waals surface area contributed by atoms with Crippen molar-refractivity contribution in [3.63, 3.8) is 0 Å². The van der Waals surface area contributed by atoms with Crippen LogP contribution >= 0.6 is 0 Å². The van der Waals surface area contributed by atoms with Gasteiger partial charge in [0.1, 0.15) is 5.69 Å². The Kier molecular flexibility index (Phi) is 2.87. The molecule has 0 unspecified atom stereocenters. The van der Waals surface area contributed by atoms with Gasteiger partial charge in [-0.2, -0.15) is 10.1 Å². The number of anilines is 1. The van der Waals surface area contributed by atoms with Gasteiger partial charge in [-0.05, 0) is 6.07 Å². The minimum atomic E-state index is -3.33. The maximum atomic E-state index is 11.6. The van der Waals surface area contributed by atoms with Crippen molar-refractivity contribution in [3.05, 3.63) is 24.7 Å². The molecule has 3 rings (SSSR count). The molecule has 0 aromatic carbocycles. The second-order valence-electron chi connectivity index (χ2n) is 4.62. The summed E-state index contributed by atoms with van der Waals surface area (Å²) in [6.07, 6.45) is 5.55. The van der Waals surface area contributed by atoms with Crippen LogP contribution in [-0.4, -0.2) is 39.4 Å². The first kappa shape index (κ1) is 13.4. The molecule has 0 amide bonds. The molecule has 2 N–H and O–H groups in total. The van der Waals surface area contributed by atoms with Crippen LogP contribution in [0.5, 0.6) is 0 Å². The van der Waals surface area contributed by atoms with E-state index in [-0.39, 0.29) is 10.8 Å². The van der Waals surface area contributed by atoms with Crippen molar-refractivity contribution >= 4 is 26.8 Å². The molecule has 3 aromatic heterocycles. The monoisotopic (exact) mass is 304 g/mol. The number of hydrogen-bond acceptors (Lipinski definition) is 7. The molecule has 0 radical (unpaired) electrons. The summed E-state index contributed by atoms with van der Waals surface area (Å²) in [5.41, 5.74) is 7.28. The van der Waals surface area contributed by atoms with E-state index in [1.54, 1.807) is 24.1 Å². The largest absolute Gasteiger partial charge is 0.368 e. The molecule has 3 aromatic rings. The van der Waals surface area contributed by atoms with E-state index in [2.05, 4.69) is 20.1 Å². The van der Waals surface area contributed by atoms with Crippen molar-refractivity contribution in [1.82, 2.24) is 24.7 Å². The summed E-state index contributed by atoms with van der Waals surface area (Å²) >= 11 is 0. The second-order valence-corrected chi connectivity index (χ2v) is 6.63. The average Bonchev–Trinajstić information content (AvgIpc) is 2.75. The van der Waals surface area contributed by atoms with Crippen molar-refractivity contribution in [2.24, 2.45) is 7.05 Å². The molecule has 0 spiro atoms. The summed E-state index contributed by atoms with van der Waals surface area (Å²) in [5, 5.41) is 5.03. The fourth-order valence-corrected chi connectivity index (χ4v) is 2.61. The molecule has 3 heterocycles. The highest BCUT2D eigenvalue weighted by molar-refractivity contribution is 7.90. The number of aromatic nitrogens is 5. The lowest BCUT2D eigenvalue weighted by molar-refractivity contribution is 0.601. The van der Waals surface area contributed by atoms with E-state index >= 15 is 0 Å². The Labute approximate surface area is 120 Å². The zero-order valence-electron chi connectivity index (χ0n) is 11.3. The van der Waals surface area contributed by atoms with Crippen LogP contribution < -0.4 is 5.73 Å². The number of pyridine rings is 1. The van der Waals surface area contributed by atoms with Crippen molar-refractivity contribution in [2.75, 3.05) is 12.0 Å². The van der Waals surface area contributed by atoms with Crippen LogP contribution in [0.2, 0.25) is 0 Å². The third-order valence-electron chi connectivity index (χ3n) is 3.01. The Morgan fingerprint density at radius 2 is 2.00 bits per heavy atom. The molecule has 0 aliphatic heterocycles. The Morgan fingerprint density at radius 3 is 2.71 bits per heavy atom. The quantitative estimate of drug-likeness (QED) is 0.728. The fourth-order valence-electron chi connectivity index (χ4n) is 2.02. The molecule has 0 saturated heterocycles. The molecule has 0 aliphatic carbocycles. The standard InChI is InChI=1S/C12H12N6O2S/c1-18-11-9(6-15-12(13)16-11)10(17-18)7-3-8(5-14-4-7)21(2,19)20/h3-6H,1-2H3,(H2,13,15,16). The van der Waals surface area contributed by atoms with Gasteiger partial charge < -0.3 is 5.73 Å². The molecule has 9 heteroatoms. The van der Waals surface area contributed by atoms with Gasteiger partial charge in [-0.3, -0.25) is 4.98 Å². The predicted octanol–water partition coefficient (Wildman–Crippen LogP) is 0.411. The number of aryl methyl sites for hydroxylation is 1. The highest BCUT2D eigenvalue weighted by Gasteiger charge is 2.15. The van der Waals surface area contributed by atoms with Crippen LogP contribution in [0.1, 0.15) is 0 Å². The second kappa shape index (κ2) is 4.48. The molecule has 108 valence electrons. The molecule has 0 saturated carbocycles. The van der Waals surface area contributed by atoms with Crippen LogP contribution in [0.15, 0.2) is 29.6 Å². The van der Waals surface area contributed by atoms with Gasteiger partial charge in [0.05, 0.1) is 10.3 Å². The van der Waals surface area contributed by atoms with E-state index in [4.69, 9.17) is 5.73 Å². The number of fused-ring (bicyclic) bond motifs is 1. The van der Waals surface area contributed by atoms with Crippen molar-refractivity contribution < 1.29 is 8.42 Å². The minimum absolute atomic E-state index is 0.134. The van der Waals surface area contributed by atoms with Crippen LogP contribution in [0, 0.1) is 0 Å². The molecule has 21 heavy (non-hydrogen) atoms. The van der Waals surface area contributed by atoms with Gasteiger partial charge >= 0.3 is 0 Å². The first-order chi connectivity index (χ1) is 9.86. The number of hydrogen-bond donors (Lipinski definition) is 1. The Hall–Kier alpha value is -2.55. The highest BCUT2D eigenvalue weighted by Crippen LogP contribution is 2.27. The Bertz CT molecular complexity index is 948. The fraction of sp³-hybridized carbons (Fsp3) is 0.167. The van der Waals surface area contributed by atoms with Gasteiger partial charge in [0.15, 0.2) is 15.5 Å². The third kappa shape index (κ3) is 2.31. The van der Waals surface area contributed by atoms with Crippen LogP contribution in [0.25, 0.3) is 22.3 Å². The smallest absolute Gasteiger partial charge is 0.222 e. The summed E-state index contributed by atoms with van der Waals surface area (Å²) in [4.78, 5) is 12.2. The molecular weight excluding hydrogens is 292 g/mol. The lowest BCUT2D eigenvalue weighted by Gasteiger charge is -2.01. The summed E-state index contributed by atoms with van der Waals surface area (Å²) < 4.78 is 24.8. The van der Waals surface area contributed by atoms with E-state index in [1.807, 2.05) is 0 Å². The molecule has 0 atom stereocenters. The number of sulfone groups is 1. The number of nitrogens with zero attached hydrogens (tertiary/aromatic N) is 5. The average molecular weight is 304 g/mol. The number of rotatable bonds is 2. The maximum Gasteiger partial charge on any atom is 0.222 e. The van der Waals surface area contributed by atoms with Gasteiger partial charge in [0.25, 0.3) is 0 Å². The van der Waals surface area contributed by atoms with E-state index in [9.17, 15) is 8.42 Å². The zero-order valence-corrected chi connectivity index (χ0v) is 12.2. The van der Waals surface area contributed by atoms with Crippen LogP contribution in [0.4, 0.5) is 5.95 Å². The van der Waals surface area contributed by atoms with E-state index in [0.29, 0.717) is 22.3 Å². The first-order valence-corrected chi connectivity index (χ1v) is 7.86. The normalized spacial score (nSPS) is 11.9. The topological polar surface area (TPSA) is 117 Å². The predicted molar refractivity (Wildman–Crippen MR) is 77.1 cm³/mol. The number of nitrogens with two attached hydrogens (primary N) is 1. The molecule has 0 fully saturated rings. The molecular formula is C12H12N6O2S. The van der Waals surface area contributed by atoms with E-state index in [1.165, 1.54) is 12.3 Å². The summed E-state index contributed by atoms with van der Waals surface area (Å²) in [5.74, 6) is 0.153. The SMILES string of the molecule is Cn1nc(-c2cncc(S(C)(=O)=O)c2)c2cnc(N)nc21. The van der Waals surface area contributed by atoms with Crippen molar-refractivity contribution in [2.45, 2.75) is 4.90 Å². The summed E-state index contributed by atoms with van der Waals surface area (Å²) in [7, 11) is -1.61. The molecule has 0 aliphatic rings. The van der Waals surface area contributed by atoms with Crippen molar-refractivity contribution in [3.8, 4) is 11.3 Å². The van der Waals surface area contributed by atoms with Gasteiger partial charge in [-0.25, -0.2) is 18.1 Å². The summed E-state index contributed by atoms with van der Waals surface area (Å²) in [6.45, 7) is 0. The van der Waals surface area contributed by atoms with Crippen LogP contribution in [-0.2, 0) is 16.9 Å². The van der Waals surface area contributed by atoms with E-state index in [0.717, 1.165) is 6.26 Å². The highest BCUT2D eigenvalue weighted by atomic mass is 32.2. The Morgan fingerprint density at radius 1 is 1.24 bits per heavy atom. The molecule has 8 nitrogen and oxygen atoms in total. The van der Waals surface area contributed by atoms with Gasteiger partial charge in [0.2, 0.25) is 5.95 Å². The van der Waals surface area contributed by atoms with Crippen LogP contribution in [0.3, 0.4) is 0 Å². The van der Waals surface area contributed by atoms with Crippen molar-refractivity contribution in [1.29, 1.82) is 0 Å². The van der Waals surface area contributed by atoms with E-state index < -0.39 is 9.84 Å². The molecule has 0 bridgehead atoms. The van der Waals surface area contributed by atoms with Gasteiger partial charge in [-0.1, -0.05) is 0 Å². The van der Waals surface area contributed by atoms with Gasteiger partial charge in [-0.15, -0.1) is 0 Å². The number of nitrogen functional groups attached to an aromatic ring is 1. The minimum Gasteiger partial charge on any atom is -0.368 e. The summed E-state index contributed by atoms with van der Waals surface area (Å²) in [6, 6.07) is 1.53. The lowest BCUT2D eigenvalue weighted by Crippen LogP contribution is -1.98. The van der Waals surface area contributed by atoms with Gasteiger partial charge in [0, 0.05) is 37.5 Å². The zero-order chi connectivity index (χ0) is 15.2. The maximum absolute atomic E-state index is 11.6. The first-order valence-electron chi connectivity index (χ1n) is 5.97.